The van der Waals surface area contributed by atoms with Gasteiger partial charge < -0.3 is 8.98 Å². The molecule has 0 spiro atoms. The van der Waals surface area contributed by atoms with E-state index >= 15 is 4.57 Å². The van der Waals surface area contributed by atoms with E-state index in [-0.39, 0.29) is 0 Å². The third-order valence-corrected chi connectivity index (χ3v) is 13.4. The van der Waals surface area contributed by atoms with Crippen molar-refractivity contribution in [3.05, 3.63) is 194 Å². The second-order valence-electron chi connectivity index (χ2n) is 13.4. The lowest BCUT2D eigenvalue weighted by Gasteiger charge is -2.20. The van der Waals surface area contributed by atoms with Crippen LogP contribution < -0.4 is 15.9 Å². The van der Waals surface area contributed by atoms with Crippen molar-refractivity contribution in [2.45, 2.75) is 0 Å². The van der Waals surface area contributed by atoms with Gasteiger partial charge in [0, 0.05) is 54.0 Å². The van der Waals surface area contributed by atoms with Gasteiger partial charge in [-0.1, -0.05) is 170 Å². The van der Waals surface area contributed by atoms with Gasteiger partial charge in [0.15, 0.2) is 7.14 Å². The van der Waals surface area contributed by atoms with E-state index in [1.807, 2.05) is 84.9 Å². The smallest absolute Gasteiger partial charge is 0.171 e. The van der Waals surface area contributed by atoms with E-state index in [0.29, 0.717) is 0 Å². The summed E-state index contributed by atoms with van der Waals surface area (Å²) in [6.07, 6.45) is 0. The summed E-state index contributed by atoms with van der Waals surface area (Å²) < 4.78 is 21.6. The third kappa shape index (κ3) is 5.12. The van der Waals surface area contributed by atoms with Gasteiger partial charge in [-0.05, 0) is 41.0 Å². The molecule has 4 heteroatoms. The first-order valence-electron chi connectivity index (χ1n) is 17.8. The first kappa shape index (κ1) is 31.2. The van der Waals surface area contributed by atoms with Gasteiger partial charge in [0.1, 0.15) is 11.2 Å². The highest BCUT2D eigenvalue weighted by atomic mass is 31.2. The Bertz CT molecular complexity index is 2960. The molecule has 2 aromatic heterocycles. The summed E-state index contributed by atoms with van der Waals surface area (Å²) >= 11 is 0. The maximum Gasteiger partial charge on any atom is 0.171 e. The standard InChI is InChI=1S/C49H32NO2P/c51-53(37-19-6-2-7-20-37,38-21-8-3-9-22-38)39-29-27-33(28-30-39)35-17-14-18-36(31-35)49-42-32-45-48(41-24-11-13-26-44(41)52-45)46(34-15-4-1-5-16-34)47(42)40-23-10-12-25-43(40)50-49/h1-32H. The average Bonchev–Trinajstić information content (AvgIpc) is 3.61. The first-order valence-corrected chi connectivity index (χ1v) is 19.5. The van der Waals surface area contributed by atoms with Crippen LogP contribution >= 0.6 is 7.14 Å². The highest BCUT2D eigenvalue weighted by Gasteiger charge is 2.29. The summed E-state index contributed by atoms with van der Waals surface area (Å²) in [5, 5.41) is 7.95. The quantitative estimate of drug-likeness (QED) is 0.128. The van der Waals surface area contributed by atoms with Crippen molar-refractivity contribution in [1.82, 2.24) is 4.98 Å². The molecule has 8 aromatic carbocycles. The van der Waals surface area contributed by atoms with Gasteiger partial charge >= 0.3 is 0 Å². The Morgan fingerprint density at radius 2 is 0.962 bits per heavy atom. The van der Waals surface area contributed by atoms with Crippen LogP contribution in [0.2, 0.25) is 0 Å². The Morgan fingerprint density at radius 1 is 0.396 bits per heavy atom. The molecule has 10 rings (SSSR count). The van der Waals surface area contributed by atoms with Crippen molar-refractivity contribution >= 4 is 66.7 Å². The van der Waals surface area contributed by atoms with E-state index in [0.717, 1.165) is 93.0 Å². The van der Waals surface area contributed by atoms with Crippen LogP contribution in [0.15, 0.2) is 199 Å². The molecular weight excluding hydrogens is 666 g/mol. The highest BCUT2D eigenvalue weighted by molar-refractivity contribution is 7.85. The maximum absolute atomic E-state index is 15.0. The van der Waals surface area contributed by atoms with E-state index in [1.54, 1.807) is 0 Å². The molecule has 0 aliphatic rings. The van der Waals surface area contributed by atoms with Gasteiger partial charge in [-0.15, -0.1) is 0 Å². The Morgan fingerprint density at radius 3 is 1.68 bits per heavy atom. The van der Waals surface area contributed by atoms with E-state index in [2.05, 4.69) is 109 Å². The zero-order chi connectivity index (χ0) is 35.4. The summed E-state index contributed by atoms with van der Waals surface area (Å²) in [5.74, 6) is 0. The van der Waals surface area contributed by atoms with Gasteiger partial charge in [0.2, 0.25) is 0 Å². The summed E-state index contributed by atoms with van der Waals surface area (Å²) in [4.78, 5) is 5.34. The van der Waals surface area contributed by atoms with E-state index in [9.17, 15) is 0 Å². The lowest BCUT2D eigenvalue weighted by Crippen LogP contribution is -2.24. The van der Waals surface area contributed by atoms with Crippen LogP contribution in [-0.4, -0.2) is 4.98 Å². The number of rotatable bonds is 6. The Hall–Kier alpha value is -6.54. The lowest BCUT2D eigenvalue weighted by molar-refractivity contribution is 0.592. The number of nitrogens with zero attached hydrogens (tertiary/aromatic N) is 1. The van der Waals surface area contributed by atoms with Crippen LogP contribution in [0.4, 0.5) is 0 Å². The molecule has 0 radical (unpaired) electrons. The van der Waals surface area contributed by atoms with Crippen LogP contribution in [0.1, 0.15) is 0 Å². The molecule has 0 N–H and O–H groups in total. The van der Waals surface area contributed by atoms with E-state index in [4.69, 9.17) is 9.40 Å². The molecule has 0 atom stereocenters. The van der Waals surface area contributed by atoms with Crippen molar-refractivity contribution in [3.8, 4) is 33.5 Å². The molecule has 0 amide bonds. The molecule has 0 bridgehead atoms. The molecular formula is C49H32NO2P. The number of hydrogen-bond donors (Lipinski definition) is 0. The molecule has 0 aliphatic heterocycles. The lowest BCUT2D eigenvalue weighted by atomic mass is 9.89. The molecule has 0 unspecified atom stereocenters. The molecule has 0 saturated heterocycles. The number of pyridine rings is 1. The molecule has 10 aromatic rings. The fourth-order valence-corrected chi connectivity index (χ4v) is 10.5. The molecule has 2 heterocycles. The van der Waals surface area contributed by atoms with Crippen LogP contribution in [0.5, 0.6) is 0 Å². The maximum atomic E-state index is 15.0. The molecule has 250 valence electrons. The van der Waals surface area contributed by atoms with E-state index in [1.165, 1.54) is 0 Å². The number of benzene rings is 8. The number of aromatic nitrogens is 1. The van der Waals surface area contributed by atoms with Crippen molar-refractivity contribution < 1.29 is 8.98 Å². The van der Waals surface area contributed by atoms with Crippen LogP contribution in [0, 0.1) is 0 Å². The zero-order valence-corrected chi connectivity index (χ0v) is 29.6. The monoisotopic (exact) mass is 697 g/mol. The predicted octanol–water partition coefficient (Wildman–Crippen LogP) is 11.9. The van der Waals surface area contributed by atoms with Gasteiger partial charge in [-0.25, -0.2) is 4.98 Å². The summed E-state index contributed by atoms with van der Waals surface area (Å²) in [6, 6.07) is 65.9. The predicted molar refractivity (Wildman–Crippen MR) is 222 cm³/mol. The fraction of sp³-hybridized carbons (Fsp3) is 0. The Labute approximate surface area is 307 Å². The number of fused-ring (bicyclic) bond motifs is 6. The Balaban J connectivity index is 1.17. The molecule has 3 nitrogen and oxygen atoms in total. The zero-order valence-electron chi connectivity index (χ0n) is 28.7. The van der Waals surface area contributed by atoms with Crippen molar-refractivity contribution in [2.24, 2.45) is 0 Å². The minimum atomic E-state index is -3.08. The SMILES string of the molecule is O=P(c1ccccc1)(c1ccccc1)c1ccc(-c2cccc(-c3nc4ccccc4c4c(-c5ccccc5)c5c(cc34)oc3ccccc35)c2)cc1. The van der Waals surface area contributed by atoms with Gasteiger partial charge in [-0.2, -0.15) is 0 Å². The van der Waals surface area contributed by atoms with E-state index < -0.39 is 7.14 Å². The molecule has 0 aliphatic carbocycles. The van der Waals surface area contributed by atoms with Gasteiger partial charge in [0.25, 0.3) is 0 Å². The number of furan rings is 1. The van der Waals surface area contributed by atoms with Gasteiger partial charge in [0.05, 0.1) is 11.2 Å². The number of hydrogen-bond acceptors (Lipinski definition) is 3. The second kappa shape index (κ2) is 12.6. The van der Waals surface area contributed by atoms with Crippen molar-refractivity contribution in [2.75, 3.05) is 0 Å². The van der Waals surface area contributed by atoms with Crippen LogP contribution in [0.3, 0.4) is 0 Å². The number of para-hydroxylation sites is 2. The first-order chi connectivity index (χ1) is 26.2. The summed E-state index contributed by atoms with van der Waals surface area (Å²) in [7, 11) is -3.08. The topological polar surface area (TPSA) is 43.1 Å². The highest BCUT2D eigenvalue weighted by Crippen LogP contribution is 2.47. The molecule has 53 heavy (non-hydrogen) atoms. The van der Waals surface area contributed by atoms with Crippen molar-refractivity contribution in [3.63, 3.8) is 0 Å². The van der Waals surface area contributed by atoms with Crippen molar-refractivity contribution in [1.29, 1.82) is 0 Å². The third-order valence-electron chi connectivity index (χ3n) is 10.3. The molecule has 0 saturated carbocycles. The minimum absolute atomic E-state index is 0.806. The molecule has 0 fully saturated rings. The fourth-order valence-electron chi connectivity index (χ4n) is 7.86. The Kier molecular flexibility index (Phi) is 7.42. The second-order valence-corrected chi connectivity index (χ2v) is 16.2. The van der Waals surface area contributed by atoms with Crippen LogP contribution in [0.25, 0.3) is 77.1 Å². The minimum Gasteiger partial charge on any atom is -0.456 e. The summed E-state index contributed by atoms with van der Waals surface area (Å²) in [6.45, 7) is 0. The average molecular weight is 698 g/mol. The van der Waals surface area contributed by atoms with Crippen LogP contribution in [-0.2, 0) is 4.57 Å². The summed E-state index contributed by atoms with van der Waals surface area (Å²) in [5.41, 5.74) is 8.92. The van der Waals surface area contributed by atoms with Gasteiger partial charge in [-0.3, -0.25) is 0 Å². The largest absolute Gasteiger partial charge is 0.456 e. The normalized spacial score (nSPS) is 11.8.